The second-order valence-corrected chi connectivity index (χ2v) is 6.98. The molecule has 8 heteroatoms. The standard InChI is InChI=1S/C19H14Cl2FN3O2/c20-13-6-11(7-14(21)9-13)19(27)25-5-1-2-17(25)18(26)24-15-3-4-16(22)12(8-15)10-23/h3-4,6-9,17H,1-2,5H2,(H,24,26). The van der Waals surface area contributed by atoms with Crippen molar-refractivity contribution >= 4 is 40.7 Å². The molecular formula is C19H14Cl2FN3O2. The SMILES string of the molecule is N#Cc1cc(NC(=O)C2CCCN2C(=O)c2cc(Cl)cc(Cl)c2)ccc1F. The van der Waals surface area contributed by atoms with Gasteiger partial charge in [0.1, 0.15) is 17.9 Å². The molecule has 27 heavy (non-hydrogen) atoms. The van der Waals surface area contributed by atoms with E-state index in [2.05, 4.69) is 5.32 Å². The van der Waals surface area contributed by atoms with E-state index in [-0.39, 0.29) is 11.5 Å². The maximum Gasteiger partial charge on any atom is 0.254 e. The molecule has 5 nitrogen and oxygen atoms in total. The molecule has 1 fully saturated rings. The highest BCUT2D eigenvalue weighted by atomic mass is 35.5. The number of halogens is 3. The van der Waals surface area contributed by atoms with Gasteiger partial charge in [-0.1, -0.05) is 23.2 Å². The van der Waals surface area contributed by atoms with Gasteiger partial charge in [0.05, 0.1) is 5.56 Å². The summed E-state index contributed by atoms with van der Waals surface area (Å²) in [6.45, 7) is 0.425. The molecule has 0 bridgehead atoms. The zero-order chi connectivity index (χ0) is 19.6. The first kappa shape index (κ1) is 19.2. The van der Waals surface area contributed by atoms with E-state index >= 15 is 0 Å². The first-order valence-electron chi connectivity index (χ1n) is 8.16. The number of nitrogens with zero attached hydrogens (tertiary/aromatic N) is 2. The molecule has 2 amide bonds. The van der Waals surface area contributed by atoms with Crippen molar-refractivity contribution in [2.75, 3.05) is 11.9 Å². The summed E-state index contributed by atoms with van der Waals surface area (Å²) in [6, 6.07) is 9.31. The Hall–Kier alpha value is -2.62. The van der Waals surface area contributed by atoms with Gasteiger partial charge in [-0.15, -0.1) is 0 Å². The summed E-state index contributed by atoms with van der Waals surface area (Å²) in [7, 11) is 0. The quantitative estimate of drug-likeness (QED) is 0.829. The molecule has 138 valence electrons. The van der Waals surface area contributed by atoms with Gasteiger partial charge in [0.15, 0.2) is 0 Å². The van der Waals surface area contributed by atoms with Crippen LogP contribution in [0.3, 0.4) is 0 Å². The van der Waals surface area contributed by atoms with Crippen molar-refractivity contribution in [2.24, 2.45) is 0 Å². The van der Waals surface area contributed by atoms with E-state index in [4.69, 9.17) is 28.5 Å². The Morgan fingerprint density at radius 2 is 1.89 bits per heavy atom. The topological polar surface area (TPSA) is 73.2 Å². The maximum atomic E-state index is 13.4. The lowest BCUT2D eigenvalue weighted by atomic mass is 10.1. The molecule has 0 aliphatic carbocycles. The highest BCUT2D eigenvalue weighted by molar-refractivity contribution is 6.35. The van der Waals surface area contributed by atoms with Crippen LogP contribution in [-0.2, 0) is 4.79 Å². The molecule has 1 aliphatic rings. The van der Waals surface area contributed by atoms with E-state index in [9.17, 15) is 14.0 Å². The van der Waals surface area contributed by atoms with Crippen molar-refractivity contribution in [3.63, 3.8) is 0 Å². The zero-order valence-corrected chi connectivity index (χ0v) is 15.5. The third kappa shape index (κ3) is 4.21. The Labute approximate surface area is 165 Å². The first-order valence-corrected chi connectivity index (χ1v) is 8.92. The number of hydrogen-bond acceptors (Lipinski definition) is 3. The fraction of sp³-hybridized carbons (Fsp3) is 0.211. The number of anilines is 1. The Bertz CT molecular complexity index is 938. The molecule has 1 saturated heterocycles. The third-order valence-corrected chi connectivity index (χ3v) is 4.72. The summed E-state index contributed by atoms with van der Waals surface area (Å²) in [6.07, 6.45) is 1.17. The molecule has 2 aromatic rings. The highest BCUT2D eigenvalue weighted by Crippen LogP contribution is 2.25. The monoisotopic (exact) mass is 405 g/mol. The van der Waals surface area contributed by atoms with Gasteiger partial charge in [0, 0.05) is 27.8 Å². The van der Waals surface area contributed by atoms with Crippen LogP contribution in [0.4, 0.5) is 10.1 Å². The summed E-state index contributed by atoms with van der Waals surface area (Å²) >= 11 is 11.9. The van der Waals surface area contributed by atoms with E-state index in [1.807, 2.05) is 0 Å². The predicted molar refractivity (Wildman–Crippen MR) is 100 cm³/mol. The van der Waals surface area contributed by atoms with Gasteiger partial charge < -0.3 is 10.2 Å². The van der Waals surface area contributed by atoms with Gasteiger partial charge in [0.2, 0.25) is 5.91 Å². The average Bonchev–Trinajstić information content (AvgIpc) is 3.11. The van der Waals surface area contributed by atoms with Crippen molar-refractivity contribution in [1.29, 1.82) is 5.26 Å². The molecule has 1 aliphatic heterocycles. The molecular weight excluding hydrogens is 392 g/mol. The maximum absolute atomic E-state index is 13.4. The number of carbonyl (C=O) groups excluding carboxylic acids is 2. The second kappa shape index (κ2) is 7.95. The van der Waals surface area contributed by atoms with Gasteiger partial charge in [-0.05, 0) is 49.2 Å². The van der Waals surface area contributed by atoms with Gasteiger partial charge in [-0.2, -0.15) is 5.26 Å². The van der Waals surface area contributed by atoms with Crippen LogP contribution in [-0.4, -0.2) is 29.3 Å². The number of amides is 2. The van der Waals surface area contributed by atoms with E-state index in [1.165, 1.54) is 35.2 Å². The van der Waals surface area contributed by atoms with Crippen LogP contribution >= 0.6 is 23.2 Å². The second-order valence-electron chi connectivity index (χ2n) is 6.11. The van der Waals surface area contributed by atoms with E-state index in [0.717, 1.165) is 6.07 Å². The number of hydrogen-bond donors (Lipinski definition) is 1. The van der Waals surface area contributed by atoms with Gasteiger partial charge in [-0.25, -0.2) is 4.39 Å². The number of likely N-dealkylation sites (tertiary alicyclic amines) is 1. The van der Waals surface area contributed by atoms with Crippen LogP contribution in [0.5, 0.6) is 0 Å². The molecule has 0 saturated carbocycles. The minimum Gasteiger partial charge on any atom is -0.327 e. The fourth-order valence-electron chi connectivity index (χ4n) is 3.04. The average molecular weight is 406 g/mol. The van der Waals surface area contributed by atoms with E-state index < -0.39 is 17.8 Å². The predicted octanol–water partition coefficient (Wildman–Crippen LogP) is 4.25. The van der Waals surface area contributed by atoms with Crippen molar-refractivity contribution in [1.82, 2.24) is 4.90 Å². The Kier molecular flexibility index (Phi) is 5.64. The normalized spacial score (nSPS) is 16.1. The molecule has 1 atom stereocenters. The Morgan fingerprint density at radius 3 is 2.56 bits per heavy atom. The number of nitriles is 1. The lowest BCUT2D eigenvalue weighted by Crippen LogP contribution is -2.43. The van der Waals surface area contributed by atoms with Crippen LogP contribution < -0.4 is 5.32 Å². The summed E-state index contributed by atoms with van der Waals surface area (Å²) < 4.78 is 13.4. The highest BCUT2D eigenvalue weighted by Gasteiger charge is 2.34. The minimum absolute atomic E-state index is 0.166. The van der Waals surface area contributed by atoms with Crippen molar-refractivity contribution < 1.29 is 14.0 Å². The summed E-state index contributed by atoms with van der Waals surface area (Å²) in [4.78, 5) is 26.9. The van der Waals surface area contributed by atoms with Crippen molar-refractivity contribution in [2.45, 2.75) is 18.9 Å². The molecule has 1 N–H and O–H groups in total. The van der Waals surface area contributed by atoms with Crippen LogP contribution in [0.2, 0.25) is 10.0 Å². The molecule has 1 heterocycles. The number of benzene rings is 2. The van der Waals surface area contributed by atoms with Crippen LogP contribution in [0, 0.1) is 17.1 Å². The zero-order valence-electron chi connectivity index (χ0n) is 14.0. The largest absolute Gasteiger partial charge is 0.327 e. The molecule has 3 rings (SSSR count). The fourth-order valence-corrected chi connectivity index (χ4v) is 3.57. The lowest BCUT2D eigenvalue weighted by Gasteiger charge is -2.24. The first-order chi connectivity index (χ1) is 12.9. The van der Waals surface area contributed by atoms with Crippen molar-refractivity contribution in [3.05, 3.63) is 63.4 Å². The summed E-state index contributed by atoms with van der Waals surface area (Å²) in [5, 5.41) is 12.2. The van der Waals surface area contributed by atoms with Crippen LogP contribution in [0.15, 0.2) is 36.4 Å². The molecule has 0 spiro atoms. The van der Waals surface area contributed by atoms with Crippen LogP contribution in [0.25, 0.3) is 0 Å². The smallest absolute Gasteiger partial charge is 0.254 e. The number of carbonyl (C=O) groups is 2. The van der Waals surface area contributed by atoms with Crippen LogP contribution in [0.1, 0.15) is 28.8 Å². The summed E-state index contributed by atoms with van der Waals surface area (Å²) in [5.74, 6) is -1.40. The minimum atomic E-state index is -0.675. The molecule has 0 aromatic heterocycles. The Morgan fingerprint density at radius 1 is 1.19 bits per heavy atom. The molecule has 0 radical (unpaired) electrons. The number of rotatable bonds is 3. The molecule has 2 aromatic carbocycles. The van der Waals surface area contributed by atoms with E-state index in [1.54, 1.807) is 6.07 Å². The summed E-state index contributed by atoms with van der Waals surface area (Å²) in [5.41, 5.74) is 0.435. The van der Waals surface area contributed by atoms with E-state index in [0.29, 0.717) is 40.7 Å². The van der Waals surface area contributed by atoms with Crippen molar-refractivity contribution in [3.8, 4) is 6.07 Å². The lowest BCUT2D eigenvalue weighted by molar-refractivity contribution is -0.119. The number of nitrogens with one attached hydrogen (secondary N) is 1. The molecule has 1 unspecified atom stereocenters. The van der Waals surface area contributed by atoms with Gasteiger partial charge in [0.25, 0.3) is 5.91 Å². The van der Waals surface area contributed by atoms with Gasteiger partial charge >= 0.3 is 0 Å². The van der Waals surface area contributed by atoms with Gasteiger partial charge in [-0.3, -0.25) is 9.59 Å². The third-order valence-electron chi connectivity index (χ3n) is 4.28. The Balaban J connectivity index is 1.78.